The van der Waals surface area contributed by atoms with E-state index in [1.54, 1.807) is 0 Å². The highest BCUT2D eigenvalue weighted by Crippen LogP contribution is 2.73. The number of hydrogen-bond acceptors (Lipinski definition) is 0. The van der Waals surface area contributed by atoms with Crippen molar-refractivity contribution < 1.29 is 0 Å². The summed E-state index contributed by atoms with van der Waals surface area (Å²) in [6.45, 7) is 0. The molecule has 0 saturated carbocycles. The maximum atomic E-state index is 3.98. The number of allylic oxidation sites excluding steroid dienone is 2. The Balaban J connectivity index is 1.48. The summed E-state index contributed by atoms with van der Waals surface area (Å²) in [5.41, 5.74) is 7.31. The van der Waals surface area contributed by atoms with E-state index in [0.717, 1.165) is 4.47 Å². The van der Waals surface area contributed by atoms with Crippen molar-refractivity contribution in [3.8, 4) is 33.4 Å². The third kappa shape index (κ3) is 5.22. The van der Waals surface area contributed by atoms with Crippen LogP contribution in [-0.2, 0) is 0 Å². The first-order valence-electron chi connectivity index (χ1n) is 14.6. The van der Waals surface area contributed by atoms with Crippen molar-refractivity contribution in [2.75, 3.05) is 0 Å². The average molecular weight is 636 g/mol. The molecule has 0 aliphatic heterocycles. The summed E-state index contributed by atoms with van der Waals surface area (Å²) in [6.07, 6.45) is 9.15. The maximum absolute atomic E-state index is 3.98. The molecule has 0 amide bonds. The van der Waals surface area contributed by atoms with Gasteiger partial charge in [-0.25, -0.2) is 0 Å². The molecule has 0 fully saturated rings. The van der Waals surface area contributed by atoms with Crippen molar-refractivity contribution in [3.63, 3.8) is 0 Å². The average Bonchev–Trinajstić information content (AvgIpc) is 3.63. The van der Waals surface area contributed by atoms with Crippen LogP contribution in [0.15, 0.2) is 201 Å². The molecule has 43 heavy (non-hydrogen) atoms. The van der Waals surface area contributed by atoms with E-state index in [0.29, 0.717) is 0 Å². The highest BCUT2D eigenvalue weighted by atomic mass is 79.9. The third-order valence-electron chi connectivity index (χ3n) is 8.11. The molecule has 0 nitrogen and oxygen atoms in total. The molecular formula is C41H31BrS. The molecular weight excluding hydrogens is 604 g/mol. The number of halogens is 1. The number of benzene rings is 6. The molecule has 1 aliphatic rings. The summed E-state index contributed by atoms with van der Waals surface area (Å²) in [5, 5.41) is 0.236. The summed E-state index contributed by atoms with van der Waals surface area (Å²) in [7, 11) is -1.72. The van der Waals surface area contributed by atoms with E-state index in [4.69, 9.17) is 0 Å². The van der Waals surface area contributed by atoms with Crippen LogP contribution in [0, 0.1) is 0 Å². The molecule has 1 atom stereocenters. The zero-order chi connectivity index (χ0) is 29.1. The van der Waals surface area contributed by atoms with Crippen molar-refractivity contribution in [1.82, 2.24) is 0 Å². The van der Waals surface area contributed by atoms with E-state index < -0.39 is 10.0 Å². The number of rotatable bonds is 7. The lowest BCUT2D eigenvalue weighted by atomic mass is 9.93. The molecule has 1 aliphatic carbocycles. The Bertz CT molecular complexity index is 1860. The Kier molecular flexibility index (Phi) is 7.72. The van der Waals surface area contributed by atoms with E-state index >= 15 is 0 Å². The monoisotopic (exact) mass is 634 g/mol. The first-order valence-corrected chi connectivity index (χ1v) is 17.1. The SMILES string of the molecule is Brc1ccccc1S(c1ccccc1)(c1cccc(-c2cc(-c3ccccc3)cc(-c3ccccc3)c2)c1)C1C=CC=C1. The van der Waals surface area contributed by atoms with Gasteiger partial charge in [0.05, 0.1) is 0 Å². The highest BCUT2D eigenvalue weighted by molar-refractivity contribution is 9.10. The second-order valence-corrected chi connectivity index (χ2v) is 14.8. The van der Waals surface area contributed by atoms with E-state index in [1.807, 2.05) is 0 Å². The molecule has 0 heterocycles. The largest absolute Gasteiger partial charge is 0.149 e. The predicted molar refractivity (Wildman–Crippen MR) is 188 cm³/mol. The van der Waals surface area contributed by atoms with Gasteiger partial charge in [-0.3, -0.25) is 0 Å². The lowest BCUT2D eigenvalue weighted by Gasteiger charge is -2.46. The van der Waals surface area contributed by atoms with Crippen molar-refractivity contribution in [1.29, 1.82) is 0 Å². The van der Waals surface area contributed by atoms with E-state index in [9.17, 15) is 0 Å². The molecule has 0 spiro atoms. The van der Waals surface area contributed by atoms with E-state index in [-0.39, 0.29) is 5.25 Å². The molecule has 6 aromatic carbocycles. The van der Waals surface area contributed by atoms with Gasteiger partial charge in [0.1, 0.15) is 0 Å². The van der Waals surface area contributed by atoms with Gasteiger partial charge in [0.15, 0.2) is 0 Å². The van der Waals surface area contributed by atoms with Gasteiger partial charge in [0.2, 0.25) is 0 Å². The lowest BCUT2D eigenvalue weighted by molar-refractivity contribution is 1.22. The van der Waals surface area contributed by atoms with Gasteiger partial charge in [-0.2, -0.15) is 0 Å². The normalized spacial score (nSPS) is 14.8. The van der Waals surface area contributed by atoms with Gasteiger partial charge in [-0.05, 0) is 114 Å². The Morgan fingerprint density at radius 2 is 0.860 bits per heavy atom. The van der Waals surface area contributed by atoms with Crippen LogP contribution in [0.5, 0.6) is 0 Å². The van der Waals surface area contributed by atoms with Gasteiger partial charge in [-0.15, -0.1) is 10.0 Å². The van der Waals surface area contributed by atoms with Crippen LogP contribution in [0.2, 0.25) is 0 Å². The van der Waals surface area contributed by atoms with Gasteiger partial charge in [0.25, 0.3) is 0 Å². The second-order valence-electron chi connectivity index (χ2n) is 10.7. The Morgan fingerprint density at radius 1 is 0.395 bits per heavy atom. The minimum atomic E-state index is -1.72. The van der Waals surface area contributed by atoms with E-state index in [1.165, 1.54) is 48.1 Å². The predicted octanol–water partition coefficient (Wildman–Crippen LogP) is 12.2. The van der Waals surface area contributed by atoms with Crippen LogP contribution >= 0.6 is 26.0 Å². The second kappa shape index (κ2) is 12.1. The summed E-state index contributed by atoms with van der Waals surface area (Å²) in [5.74, 6) is 0. The number of hydrogen-bond donors (Lipinski definition) is 0. The Hall–Kier alpha value is -4.37. The zero-order valence-electron chi connectivity index (χ0n) is 23.7. The molecule has 0 bridgehead atoms. The molecule has 0 saturated heterocycles. The zero-order valence-corrected chi connectivity index (χ0v) is 26.1. The standard InChI is InChI=1S/C41H31BrS/c42-40-25-12-13-26-41(40)43(38-22-10-11-23-38,37-20-8-3-9-21-37)39-24-14-19-33(30-39)36-28-34(31-15-4-1-5-16-31)27-35(29-36)32-17-6-2-7-18-32/h1-30,38H. The van der Waals surface area contributed by atoms with Crippen LogP contribution in [-0.4, -0.2) is 5.25 Å². The lowest BCUT2D eigenvalue weighted by Crippen LogP contribution is -2.16. The molecule has 7 rings (SSSR count). The summed E-state index contributed by atoms with van der Waals surface area (Å²) in [4.78, 5) is 4.03. The highest BCUT2D eigenvalue weighted by Gasteiger charge is 2.38. The van der Waals surface area contributed by atoms with Crippen LogP contribution in [0.4, 0.5) is 0 Å². The first kappa shape index (κ1) is 27.5. The smallest absolute Gasteiger partial charge is 0.0373 e. The van der Waals surface area contributed by atoms with Crippen LogP contribution in [0.1, 0.15) is 0 Å². The molecule has 0 aromatic heterocycles. The Labute approximate surface area is 264 Å². The fraction of sp³-hybridized carbons (Fsp3) is 0.0244. The quantitative estimate of drug-likeness (QED) is 0.164. The van der Waals surface area contributed by atoms with Crippen molar-refractivity contribution in [2.45, 2.75) is 19.9 Å². The first-order chi connectivity index (χ1) is 21.2. The van der Waals surface area contributed by atoms with Gasteiger partial charge in [0, 0.05) is 14.6 Å². The van der Waals surface area contributed by atoms with Crippen molar-refractivity contribution in [2.24, 2.45) is 0 Å². The molecule has 6 aromatic rings. The summed E-state index contributed by atoms with van der Waals surface area (Å²) in [6, 6.07) is 57.5. The van der Waals surface area contributed by atoms with Crippen molar-refractivity contribution >= 4 is 26.0 Å². The summed E-state index contributed by atoms with van der Waals surface area (Å²) < 4.78 is 1.14. The van der Waals surface area contributed by atoms with Crippen LogP contribution in [0.3, 0.4) is 0 Å². The van der Waals surface area contributed by atoms with Gasteiger partial charge >= 0.3 is 0 Å². The fourth-order valence-electron chi connectivity index (χ4n) is 6.10. The maximum Gasteiger partial charge on any atom is 0.0373 e. The topological polar surface area (TPSA) is 0 Å². The van der Waals surface area contributed by atoms with E-state index in [2.05, 4.69) is 198 Å². The molecule has 208 valence electrons. The van der Waals surface area contributed by atoms with Crippen LogP contribution in [0.25, 0.3) is 33.4 Å². The van der Waals surface area contributed by atoms with Gasteiger partial charge < -0.3 is 0 Å². The molecule has 0 radical (unpaired) electrons. The molecule has 0 N–H and O–H groups in total. The summed E-state index contributed by atoms with van der Waals surface area (Å²) >= 11 is 3.98. The minimum Gasteiger partial charge on any atom is -0.149 e. The van der Waals surface area contributed by atoms with Crippen LogP contribution < -0.4 is 0 Å². The fourth-order valence-corrected chi connectivity index (χ4v) is 11.4. The third-order valence-corrected chi connectivity index (χ3v) is 13.3. The van der Waals surface area contributed by atoms with Gasteiger partial charge in [-0.1, -0.05) is 127 Å². The molecule has 2 heteroatoms. The Morgan fingerprint density at radius 3 is 1.44 bits per heavy atom. The van der Waals surface area contributed by atoms with Crippen molar-refractivity contribution in [3.05, 3.63) is 187 Å². The molecule has 1 unspecified atom stereocenters. The minimum absolute atomic E-state index is 0.236.